The number of hydrogen-bond donors (Lipinski definition) is 0. The Morgan fingerprint density at radius 1 is 0.560 bits per heavy atom. The van der Waals surface area contributed by atoms with Crippen LogP contribution in [0.25, 0.3) is 0 Å². The Hall–Kier alpha value is -2.78. The van der Waals surface area contributed by atoms with Gasteiger partial charge in [0.1, 0.15) is 0 Å². The van der Waals surface area contributed by atoms with E-state index in [1.54, 1.807) is 0 Å². The molecule has 0 spiro atoms. The lowest BCUT2D eigenvalue weighted by Crippen LogP contribution is -2.19. The van der Waals surface area contributed by atoms with Crippen LogP contribution < -0.4 is 18.9 Å². The van der Waals surface area contributed by atoms with E-state index in [-0.39, 0.29) is 11.5 Å². The van der Waals surface area contributed by atoms with E-state index >= 15 is 0 Å². The van der Waals surface area contributed by atoms with Crippen LogP contribution in [0.15, 0.2) is 48.5 Å². The fraction of sp³-hybridized carbons (Fsp3) is 0.200. The van der Waals surface area contributed by atoms with E-state index in [9.17, 15) is 26.3 Å². The molecule has 0 aliphatic heterocycles. The molecule has 0 amide bonds. The fourth-order valence-electron chi connectivity index (χ4n) is 1.71. The number of hydrogen-bond acceptors (Lipinski definition) is 4. The van der Waals surface area contributed by atoms with E-state index in [0.29, 0.717) is 0 Å². The van der Waals surface area contributed by atoms with Crippen molar-refractivity contribution in [1.29, 1.82) is 0 Å². The number of para-hydroxylation sites is 4. The Morgan fingerprint density at radius 2 is 0.880 bits per heavy atom. The first kappa shape index (κ1) is 18.6. The summed E-state index contributed by atoms with van der Waals surface area (Å²) in [5.41, 5.74) is 0. The lowest BCUT2D eigenvalue weighted by Gasteiger charge is -2.16. The lowest BCUT2D eigenvalue weighted by atomic mass is 10.3. The molecule has 0 heterocycles. The zero-order chi connectivity index (χ0) is 18.5. The summed E-state index contributed by atoms with van der Waals surface area (Å²) in [4.78, 5) is 0. The molecule has 0 N–H and O–H groups in total. The van der Waals surface area contributed by atoms with Crippen molar-refractivity contribution in [3.63, 3.8) is 0 Å². The maximum absolute atomic E-state index is 12.3. The maximum atomic E-state index is 12.3. The normalized spacial score (nSPS) is 11.8. The highest BCUT2D eigenvalue weighted by molar-refractivity contribution is 5.41. The fourth-order valence-corrected chi connectivity index (χ4v) is 1.71. The summed E-state index contributed by atoms with van der Waals surface area (Å²) < 4.78 is 91.2. The molecule has 0 aliphatic rings. The van der Waals surface area contributed by atoms with Crippen molar-refractivity contribution in [2.45, 2.75) is 12.7 Å². The van der Waals surface area contributed by atoms with E-state index in [0.717, 1.165) is 12.1 Å². The standard InChI is InChI=1S/C15H10F6O4/c16-14(17,18)24-12-7-3-1-5-10(12)22-9-23-11-6-2-4-8-13(11)25-15(19,20)21/h1-8H,9H2. The highest BCUT2D eigenvalue weighted by Gasteiger charge is 2.33. The average Bonchev–Trinajstić information content (AvgIpc) is 2.48. The number of benzene rings is 2. The van der Waals surface area contributed by atoms with Crippen molar-refractivity contribution in [3.05, 3.63) is 48.5 Å². The summed E-state index contributed by atoms with van der Waals surface area (Å²) in [6.07, 6.45) is -9.85. The Labute approximate surface area is 137 Å². The topological polar surface area (TPSA) is 36.9 Å². The quantitative estimate of drug-likeness (QED) is 0.537. The molecular weight excluding hydrogens is 358 g/mol. The molecule has 2 rings (SSSR count). The zero-order valence-electron chi connectivity index (χ0n) is 12.2. The second-order valence-corrected chi connectivity index (χ2v) is 4.40. The average molecular weight is 368 g/mol. The van der Waals surface area contributed by atoms with Gasteiger partial charge in [0.2, 0.25) is 6.79 Å². The molecule has 0 saturated heterocycles. The summed E-state index contributed by atoms with van der Waals surface area (Å²) in [6, 6.07) is 9.76. The molecule has 10 heteroatoms. The minimum atomic E-state index is -4.92. The van der Waals surface area contributed by atoms with Crippen molar-refractivity contribution in [2.24, 2.45) is 0 Å². The van der Waals surface area contributed by atoms with Gasteiger partial charge in [-0.2, -0.15) is 0 Å². The molecule has 0 bridgehead atoms. The highest BCUT2D eigenvalue weighted by Crippen LogP contribution is 2.34. The van der Waals surface area contributed by atoms with Gasteiger partial charge in [-0.15, -0.1) is 26.3 Å². The van der Waals surface area contributed by atoms with Crippen LogP contribution >= 0.6 is 0 Å². The predicted octanol–water partition coefficient (Wildman–Crippen LogP) is 4.90. The first-order valence-corrected chi connectivity index (χ1v) is 6.59. The predicted molar refractivity (Wildman–Crippen MR) is 72.4 cm³/mol. The summed E-state index contributed by atoms with van der Waals surface area (Å²) in [5, 5.41) is 0. The zero-order valence-corrected chi connectivity index (χ0v) is 12.2. The molecule has 25 heavy (non-hydrogen) atoms. The Bertz CT molecular complexity index is 639. The van der Waals surface area contributed by atoms with Crippen LogP contribution in [0.1, 0.15) is 0 Å². The Kier molecular flexibility index (Phi) is 5.50. The van der Waals surface area contributed by atoms with Gasteiger partial charge in [-0.3, -0.25) is 0 Å². The van der Waals surface area contributed by atoms with E-state index in [2.05, 4.69) is 9.47 Å². The Balaban J connectivity index is 2.03. The first-order chi connectivity index (χ1) is 11.6. The van der Waals surface area contributed by atoms with Gasteiger partial charge in [-0.1, -0.05) is 24.3 Å². The largest absolute Gasteiger partial charge is 0.573 e. The molecule has 2 aromatic rings. The van der Waals surface area contributed by atoms with Crippen molar-refractivity contribution < 1.29 is 45.3 Å². The van der Waals surface area contributed by atoms with Gasteiger partial charge in [0.25, 0.3) is 0 Å². The minimum absolute atomic E-state index is 0.297. The van der Waals surface area contributed by atoms with Gasteiger partial charge in [-0.05, 0) is 24.3 Å². The summed E-state index contributed by atoms with van der Waals surface area (Å²) in [6.45, 7) is -0.670. The molecule has 0 aromatic heterocycles. The molecule has 0 saturated carbocycles. The lowest BCUT2D eigenvalue weighted by molar-refractivity contribution is -0.275. The first-order valence-electron chi connectivity index (χ1n) is 6.59. The van der Waals surface area contributed by atoms with E-state index in [1.165, 1.54) is 36.4 Å². The number of halogens is 6. The number of rotatable bonds is 6. The number of alkyl halides is 6. The highest BCUT2D eigenvalue weighted by atomic mass is 19.4. The smallest absolute Gasteiger partial charge is 0.454 e. The molecule has 0 fully saturated rings. The molecule has 0 atom stereocenters. The van der Waals surface area contributed by atoms with Gasteiger partial charge < -0.3 is 18.9 Å². The van der Waals surface area contributed by atoms with Crippen LogP contribution in [0.3, 0.4) is 0 Å². The van der Waals surface area contributed by atoms with E-state index in [1.807, 2.05) is 0 Å². The van der Waals surface area contributed by atoms with Crippen molar-refractivity contribution in [3.8, 4) is 23.0 Å². The van der Waals surface area contributed by atoms with Crippen LogP contribution in [0.2, 0.25) is 0 Å². The van der Waals surface area contributed by atoms with Crippen LogP contribution in [-0.2, 0) is 0 Å². The molecular formula is C15H10F6O4. The van der Waals surface area contributed by atoms with Crippen molar-refractivity contribution in [1.82, 2.24) is 0 Å². The number of ether oxygens (including phenoxy) is 4. The monoisotopic (exact) mass is 368 g/mol. The maximum Gasteiger partial charge on any atom is 0.573 e. The molecule has 0 aliphatic carbocycles. The SMILES string of the molecule is FC(F)(F)Oc1ccccc1OCOc1ccccc1OC(F)(F)F. The van der Waals surface area contributed by atoms with E-state index < -0.39 is 31.0 Å². The molecule has 0 radical (unpaired) electrons. The van der Waals surface area contributed by atoms with Crippen LogP contribution in [-0.4, -0.2) is 19.5 Å². The van der Waals surface area contributed by atoms with Crippen molar-refractivity contribution in [2.75, 3.05) is 6.79 Å². The third-order valence-electron chi connectivity index (χ3n) is 2.58. The summed E-state index contributed by atoms with van der Waals surface area (Å²) in [7, 11) is 0. The van der Waals surface area contributed by atoms with Crippen molar-refractivity contribution >= 4 is 0 Å². The van der Waals surface area contributed by atoms with Gasteiger partial charge >= 0.3 is 12.7 Å². The molecule has 0 unspecified atom stereocenters. The molecule has 4 nitrogen and oxygen atoms in total. The van der Waals surface area contributed by atoms with Crippen LogP contribution in [0, 0.1) is 0 Å². The molecule has 136 valence electrons. The second kappa shape index (κ2) is 7.41. The third kappa shape index (κ3) is 6.32. The molecule has 2 aromatic carbocycles. The van der Waals surface area contributed by atoms with Gasteiger partial charge in [0.15, 0.2) is 23.0 Å². The third-order valence-corrected chi connectivity index (χ3v) is 2.58. The summed E-state index contributed by atoms with van der Waals surface area (Å²) >= 11 is 0. The van der Waals surface area contributed by atoms with Gasteiger partial charge in [-0.25, -0.2) is 0 Å². The summed E-state index contributed by atoms with van der Waals surface area (Å²) in [5.74, 6) is -1.82. The van der Waals surface area contributed by atoms with Crippen LogP contribution in [0.4, 0.5) is 26.3 Å². The van der Waals surface area contributed by atoms with E-state index in [4.69, 9.17) is 9.47 Å². The van der Waals surface area contributed by atoms with Gasteiger partial charge in [0, 0.05) is 0 Å². The second-order valence-electron chi connectivity index (χ2n) is 4.40. The van der Waals surface area contributed by atoms with Gasteiger partial charge in [0.05, 0.1) is 0 Å². The Morgan fingerprint density at radius 3 is 1.20 bits per heavy atom. The minimum Gasteiger partial charge on any atom is -0.454 e. The van der Waals surface area contributed by atoms with Crippen LogP contribution in [0.5, 0.6) is 23.0 Å².